The molecular formula is C15H14N2O3. The van der Waals surface area contributed by atoms with Crippen molar-refractivity contribution < 1.29 is 14.3 Å². The van der Waals surface area contributed by atoms with Crippen LogP contribution in [0.15, 0.2) is 58.9 Å². The number of ether oxygens (including phenoxy) is 1. The van der Waals surface area contributed by atoms with E-state index in [1.807, 2.05) is 30.3 Å². The molecule has 0 atom stereocenters. The zero-order chi connectivity index (χ0) is 14.5. The number of nitrogens with two attached hydrogens (primary N) is 1. The fraction of sp³-hybridized carbons (Fsp3) is 0.133. The normalized spacial score (nSPS) is 16.6. The number of carbonyl (C=O) groups is 2. The monoisotopic (exact) mass is 270 g/mol. The predicted octanol–water partition coefficient (Wildman–Crippen LogP) is 1.15. The molecule has 5 nitrogen and oxygen atoms in total. The average molecular weight is 270 g/mol. The Hall–Kier alpha value is -2.69. The van der Waals surface area contributed by atoms with Crippen molar-refractivity contribution in [2.75, 3.05) is 7.11 Å². The highest BCUT2D eigenvalue weighted by Crippen LogP contribution is 2.11. The van der Waals surface area contributed by atoms with Crippen LogP contribution in [0.2, 0.25) is 0 Å². The van der Waals surface area contributed by atoms with E-state index in [0.29, 0.717) is 5.70 Å². The summed E-state index contributed by atoms with van der Waals surface area (Å²) in [6.45, 7) is 0. The molecular weight excluding hydrogens is 256 g/mol. The second kappa shape index (κ2) is 5.97. The predicted molar refractivity (Wildman–Crippen MR) is 75.0 cm³/mol. The van der Waals surface area contributed by atoms with Crippen LogP contribution in [0.5, 0.6) is 0 Å². The molecule has 102 valence electrons. The molecule has 0 aromatic heterocycles. The summed E-state index contributed by atoms with van der Waals surface area (Å²) < 4.78 is 4.90. The van der Waals surface area contributed by atoms with Gasteiger partial charge in [-0.3, -0.25) is 9.59 Å². The van der Waals surface area contributed by atoms with Crippen molar-refractivity contribution in [1.29, 1.82) is 0 Å². The average Bonchev–Trinajstić information content (AvgIpc) is 2.43. The van der Waals surface area contributed by atoms with E-state index in [-0.39, 0.29) is 17.9 Å². The number of benzene rings is 1. The molecule has 20 heavy (non-hydrogen) atoms. The first-order valence-electron chi connectivity index (χ1n) is 6.03. The van der Waals surface area contributed by atoms with Crippen molar-refractivity contribution >= 4 is 17.4 Å². The molecule has 0 saturated heterocycles. The molecule has 0 bridgehead atoms. The molecule has 2 N–H and O–H groups in total. The number of carbonyl (C=O) groups excluding carboxylic acids is 2. The lowest BCUT2D eigenvalue weighted by Crippen LogP contribution is -2.23. The Kier molecular flexibility index (Phi) is 4.10. The maximum absolute atomic E-state index is 11.9. The summed E-state index contributed by atoms with van der Waals surface area (Å²) in [5, 5.41) is 0. The van der Waals surface area contributed by atoms with E-state index in [2.05, 4.69) is 4.99 Å². The van der Waals surface area contributed by atoms with Gasteiger partial charge in [0.2, 0.25) is 5.78 Å². The van der Waals surface area contributed by atoms with Gasteiger partial charge in [-0.05, 0) is 11.6 Å². The third-order valence-electron chi connectivity index (χ3n) is 2.72. The van der Waals surface area contributed by atoms with Gasteiger partial charge in [-0.1, -0.05) is 30.3 Å². The Labute approximate surface area is 116 Å². The highest BCUT2D eigenvalue weighted by molar-refractivity contribution is 6.51. The van der Waals surface area contributed by atoms with Gasteiger partial charge < -0.3 is 10.5 Å². The lowest BCUT2D eigenvalue weighted by molar-refractivity contribution is -0.118. The number of ketones is 1. The molecule has 2 rings (SSSR count). The Morgan fingerprint density at radius 2 is 1.95 bits per heavy atom. The number of nitrogens with zero attached hydrogens (tertiary/aromatic N) is 1. The number of hydrogen-bond acceptors (Lipinski definition) is 4. The maximum atomic E-state index is 11.9. The number of amides is 1. The number of allylic oxidation sites excluding steroid dienone is 3. The van der Waals surface area contributed by atoms with Crippen LogP contribution in [-0.4, -0.2) is 24.5 Å². The van der Waals surface area contributed by atoms with Gasteiger partial charge in [-0.25, -0.2) is 4.99 Å². The topological polar surface area (TPSA) is 81.8 Å². The minimum atomic E-state index is -0.442. The molecule has 1 aromatic carbocycles. The molecule has 5 heteroatoms. The quantitative estimate of drug-likeness (QED) is 0.835. The Bertz CT molecular complexity index is 628. The fourth-order valence-electron chi connectivity index (χ4n) is 1.79. The van der Waals surface area contributed by atoms with Gasteiger partial charge in [0.25, 0.3) is 5.91 Å². The third-order valence-corrected chi connectivity index (χ3v) is 2.72. The molecule has 0 spiro atoms. The van der Waals surface area contributed by atoms with Crippen molar-refractivity contribution in [3.63, 3.8) is 0 Å². The Balaban J connectivity index is 2.17. The summed E-state index contributed by atoms with van der Waals surface area (Å²) in [7, 11) is 1.37. The van der Waals surface area contributed by atoms with Crippen LogP contribution in [0.4, 0.5) is 0 Å². The van der Waals surface area contributed by atoms with E-state index in [1.54, 1.807) is 0 Å². The van der Waals surface area contributed by atoms with Crippen LogP contribution in [0.25, 0.3) is 0 Å². The number of methoxy groups -OCH3 is 1. The summed E-state index contributed by atoms with van der Waals surface area (Å²) in [6.07, 6.45) is 2.91. The van der Waals surface area contributed by atoms with E-state index in [1.165, 1.54) is 19.3 Å². The lowest BCUT2D eigenvalue weighted by Gasteiger charge is -2.10. The smallest absolute Gasteiger partial charge is 0.250 e. The Morgan fingerprint density at radius 1 is 1.25 bits per heavy atom. The van der Waals surface area contributed by atoms with Crippen molar-refractivity contribution in [3.05, 3.63) is 59.5 Å². The molecule has 0 unspecified atom stereocenters. The summed E-state index contributed by atoms with van der Waals surface area (Å²) in [5.41, 5.74) is 6.81. The van der Waals surface area contributed by atoms with Gasteiger partial charge in [0.15, 0.2) is 5.76 Å². The number of rotatable bonds is 3. The minimum Gasteiger partial charge on any atom is -0.492 e. The van der Waals surface area contributed by atoms with Gasteiger partial charge in [-0.2, -0.15) is 0 Å². The summed E-state index contributed by atoms with van der Waals surface area (Å²) in [4.78, 5) is 27.6. The molecule has 1 amide bonds. The molecule has 1 aromatic rings. The maximum Gasteiger partial charge on any atom is 0.250 e. The van der Waals surface area contributed by atoms with Crippen molar-refractivity contribution in [2.45, 2.75) is 6.42 Å². The van der Waals surface area contributed by atoms with Gasteiger partial charge in [0.1, 0.15) is 5.71 Å². The third kappa shape index (κ3) is 3.20. The van der Waals surface area contributed by atoms with E-state index in [9.17, 15) is 9.59 Å². The summed E-state index contributed by atoms with van der Waals surface area (Å²) >= 11 is 0. The second-order valence-electron chi connectivity index (χ2n) is 4.24. The van der Waals surface area contributed by atoms with Crippen LogP contribution in [0.3, 0.4) is 0 Å². The summed E-state index contributed by atoms with van der Waals surface area (Å²) in [5.74, 6) is -0.764. The first kappa shape index (κ1) is 13.7. The van der Waals surface area contributed by atoms with Crippen LogP contribution in [0.1, 0.15) is 5.56 Å². The number of hydrogen-bond donors (Lipinski definition) is 1. The van der Waals surface area contributed by atoms with E-state index in [4.69, 9.17) is 10.5 Å². The van der Waals surface area contributed by atoms with Crippen LogP contribution in [-0.2, 0) is 20.7 Å². The van der Waals surface area contributed by atoms with Crippen LogP contribution >= 0.6 is 0 Å². The molecule has 1 aliphatic carbocycles. The van der Waals surface area contributed by atoms with Gasteiger partial charge in [0, 0.05) is 11.8 Å². The van der Waals surface area contributed by atoms with Gasteiger partial charge in [0.05, 0.1) is 13.5 Å². The SMILES string of the molecule is COC1=CC(N)=CC(=NC(=O)Cc2ccccc2)C1=O. The van der Waals surface area contributed by atoms with E-state index in [0.717, 1.165) is 5.56 Å². The van der Waals surface area contributed by atoms with Crippen molar-refractivity contribution in [1.82, 2.24) is 0 Å². The standard InChI is InChI=1S/C15H14N2O3/c1-20-13-9-11(16)8-12(15(13)19)17-14(18)7-10-5-3-2-4-6-10/h2-6,8-9H,7,16H2,1H3. The largest absolute Gasteiger partial charge is 0.492 e. The Morgan fingerprint density at radius 3 is 2.60 bits per heavy atom. The molecule has 0 fully saturated rings. The molecule has 0 heterocycles. The first-order valence-corrected chi connectivity index (χ1v) is 6.03. The highest BCUT2D eigenvalue weighted by atomic mass is 16.5. The second-order valence-corrected chi connectivity index (χ2v) is 4.24. The number of Topliss-reactive ketones (excluding diaryl/α,β-unsaturated/α-hetero) is 1. The van der Waals surface area contributed by atoms with Crippen molar-refractivity contribution in [2.24, 2.45) is 10.7 Å². The van der Waals surface area contributed by atoms with Gasteiger partial charge >= 0.3 is 0 Å². The van der Waals surface area contributed by atoms with Crippen LogP contribution < -0.4 is 5.73 Å². The number of aliphatic imine (C=N–C) groups is 1. The fourth-order valence-corrected chi connectivity index (χ4v) is 1.79. The minimum absolute atomic E-state index is 0.00258. The molecule has 0 saturated carbocycles. The van der Waals surface area contributed by atoms with Gasteiger partial charge in [-0.15, -0.1) is 0 Å². The zero-order valence-corrected chi connectivity index (χ0v) is 11.0. The van der Waals surface area contributed by atoms with Crippen LogP contribution in [0, 0.1) is 0 Å². The lowest BCUT2D eigenvalue weighted by atomic mass is 10.1. The molecule has 1 aliphatic rings. The summed E-state index contributed by atoms with van der Waals surface area (Å²) in [6, 6.07) is 9.19. The van der Waals surface area contributed by atoms with Crippen molar-refractivity contribution in [3.8, 4) is 0 Å². The molecule has 0 radical (unpaired) electrons. The van der Waals surface area contributed by atoms with E-state index < -0.39 is 11.7 Å². The zero-order valence-electron chi connectivity index (χ0n) is 11.0. The van der Waals surface area contributed by atoms with E-state index >= 15 is 0 Å². The highest BCUT2D eigenvalue weighted by Gasteiger charge is 2.21. The first-order chi connectivity index (χ1) is 9.60. The molecule has 0 aliphatic heterocycles.